The molecule has 0 fully saturated rings. The van der Waals surface area contributed by atoms with Crippen molar-refractivity contribution in [2.45, 2.75) is 25.8 Å². The van der Waals surface area contributed by atoms with E-state index >= 15 is 0 Å². The number of ether oxygens (including phenoxy) is 1. The number of benzene rings is 2. The van der Waals surface area contributed by atoms with Crippen LogP contribution in [0.3, 0.4) is 0 Å². The van der Waals surface area contributed by atoms with Gasteiger partial charge in [-0.2, -0.15) is 0 Å². The molecule has 2 rings (SSSR count). The summed E-state index contributed by atoms with van der Waals surface area (Å²) in [5, 5.41) is 5.07. The standard InChI is InChI=1S/C17H19NO3/c1-12(9-17(20)21-2)18-16(19)11-13-7-8-14-5-3-4-6-15(14)10-13/h3-8,10,12H,9,11H2,1-2H3,(H,18,19). The average Bonchev–Trinajstić information content (AvgIpc) is 2.46. The molecule has 0 radical (unpaired) electrons. The second kappa shape index (κ2) is 6.88. The lowest BCUT2D eigenvalue weighted by Crippen LogP contribution is -2.35. The van der Waals surface area contributed by atoms with Gasteiger partial charge in [0.25, 0.3) is 0 Å². The molecule has 4 nitrogen and oxygen atoms in total. The van der Waals surface area contributed by atoms with Crippen molar-refractivity contribution in [2.24, 2.45) is 0 Å². The van der Waals surface area contributed by atoms with E-state index in [-0.39, 0.29) is 24.3 Å². The van der Waals surface area contributed by atoms with Crippen LogP contribution in [0.4, 0.5) is 0 Å². The summed E-state index contributed by atoms with van der Waals surface area (Å²) in [5.74, 6) is -0.421. The summed E-state index contributed by atoms with van der Waals surface area (Å²) in [6.07, 6.45) is 0.482. The number of carbonyl (C=O) groups is 2. The van der Waals surface area contributed by atoms with Crippen molar-refractivity contribution in [3.05, 3.63) is 48.0 Å². The fraction of sp³-hybridized carbons (Fsp3) is 0.294. The predicted molar refractivity (Wildman–Crippen MR) is 81.9 cm³/mol. The van der Waals surface area contributed by atoms with Gasteiger partial charge in [-0.3, -0.25) is 9.59 Å². The number of methoxy groups -OCH3 is 1. The molecule has 4 heteroatoms. The predicted octanol–water partition coefficient (Wildman–Crippen LogP) is 2.45. The molecule has 1 N–H and O–H groups in total. The first-order valence-corrected chi connectivity index (χ1v) is 6.92. The van der Waals surface area contributed by atoms with Gasteiger partial charge in [0.15, 0.2) is 0 Å². The van der Waals surface area contributed by atoms with E-state index in [0.717, 1.165) is 16.3 Å². The molecule has 2 aromatic rings. The molecule has 0 bridgehead atoms. The summed E-state index contributed by atoms with van der Waals surface area (Å²) < 4.78 is 4.58. The van der Waals surface area contributed by atoms with Gasteiger partial charge in [0.2, 0.25) is 5.91 Å². The van der Waals surface area contributed by atoms with E-state index in [9.17, 15) is 9.59 Å². The van der Waals surface area contributed by atoms with Gasteiger partial charge in [0.05, 0.1) is 20.0 Å². The zero-order chi connectivity index (χ0) is 15.2. The average molecular weight is 285 g/mol. The normalized spacial score (nSPS) is 11.9. The molecule has 0 aliphatic rings. The lowest BCUT2D eigenvalue weighted by Gasteiger charge is -2.12. The first kappa shape index (κ1) is 15.0. The van der Waals surface area contributed by atoms with Crippen molar-refractivity contribution in [2.75, 3.05) is 7.11 Å². The van der Waals surface area contributed by atoms with E-state index in [1.54, 1.807) is 6.92 Å². The third kappa shape index (κ3) is 4.31. The SMILES string of the molecule is COC(=O)CC(C)NC(=O)Cc1ccc2ccccc2c1. The summed E-state index contributed by atoms with van der Waals surface area (Å²) in [7, 11) is 1.34. The first-order valence-electron chi connectivity index (χ1n) is 6.92. The maximum atomic E-state index is 12.0. The Morgan fingerprint density at radius 1 is 1.14 bits per heavy atom. The summed E-state index contributed by atoms with van der Waals surface area (Å²) in [5.41, 5.74) is 0.955. The Hall–Kier alpha value is -2.36. The van der Waals surface area contributed by atoms with E-state index in [2.05, 4.69) is 10.1 Å². The number of carbonyl (C=O) groups excluding carboxylic acids is 2. The van der Waals surface area contributed by atoms with Gasteiger partial charge < -0.3 is 10.1 Å². The van der Waals surface area contributed by atoms with Crippen LogP contribution in [0.5, 0.6) is 0 Å². The highest BCUT2D eigenvalue weighted by Crippen LogP contribution is 2.16. The molecule has 1 atom stereocenters. The van der Waals surface area contributed by atoms with E-state index in [1.165, 1.54) is 7.11 Å². The Morgan fingerprint density at radius 2 is 1.86 bits per heavy atom. The van der Waals surface area contributed by atoms with E-state index in [4.69, 9.17) is 0 Å². The zero-order valence-electron chi connectivity index (χ0n) is 12.3. The van der Waals surface area contributed by atoms with Crippen molar-refractivity contribution in [3.8, 4) is 0 Å². The lowest BCUT2D eigenvalue weighted by atomic mass is 10.0. The first-order chi connectivity index (χ1) is 10.1. The van der Waals surface area contributed by atoms with Crippen LogP contribution in [-0.2, 0) is 20.7 Å². The van der Waals surface area contributed by atoms with Crippen LogP contribution in [0.15, 0.2) is 42.5 Å². The summed E-state index contributed by atoms with van der Waals surface area (Å²) >= 11 is 0. The van der Waals surface area contributed by atoms with Crippen molar-refractivity contribution in [1.29, 1.82) is 0 Å². The maximum Gasteiger partial charge on any atom is 0.307 e. The van der Waals surface area contributed by atoms with Gasteiger partial charge in [-0.05, 0) is 23.3 Å². The highest BCUT2D eigenvalue weighted by Gasteiger charge is 2.12. The van der Waals surface area contributed by atoms with Crippen molar-refractivity contribution in [3.63, 3.8) is 0 Å². The van der Waals surface area contributed by atoms with Gasteiger partial charge in [0, 0.05) is 6.04 Å². The Labute approximate surface area is 124 Å². The van der Waals surface area contributed by atoms with E-state index in [0.29, 0.717) is 6.42 Å². The third-order valence-electron chi connectivity index (χ3n) is 3.29. The van der Waals surface area contributed by atoms with Gasteiger partial charge >= 0.3 is 5.97 Å². The third-order valence-corrected chi connectivity index (χ3v) is 3.29. The molecule has 0 spiro atoms. The molecule has 0 aliphatic heterocycles. The Kier molecular flexibility index (Phi) is 4.93. The van der Waals surface area contributed by atoms with Crippen LogP contribution in [0.1, 0.15) is 18.9 Å². The second-order valence-electron chi connectivity index (χ2n) is 5.11. The molecule has 1 amide bonds. The smallest absolute Gasteiger partial charge is 0.307 e. The Balaban J connectivity index is 1.96. The zero-order valence-corrected chi connectivity index (χ0v) is 12.3. The Bertz CT molecular complexity index is 651. The molecule has 0 aromatic heterocycles. The molecule has 0 saturated carbocycles. The molecular weight excluding hydrogens is 266 g/mol. The summed E-state index contributed by atoms with van der Waals surface area (Å²) in [6, 6.07) is 13.8. The fourth-order valence-corrected chi connectivity index (χ4v) is 2.24. The van der Waals surface area contributed by atoms with E-state index in [1.807, 2.05) is 42.5 Å². The number of esters is 1. The number of hydrogen-bond donors (Lipinski definition) is 1. The lowest BCUT2D eigenvalue weighted by molar-refractivity contribution is -0.141. The summed E-state index contributed by atoms with van der Waals surface area (Å²) in [6.45, 7) is 1.79. The largest absolute Gasteiger partial charge is 0.469 e. The number of rotatable bonds is 5. The van der Waals surface area contributed by atoms with Crippen molar-refractivity contribution >= 4 is 22.6 Å². The number of nitrogens with one attached hydrogen (secondary N) is 1. The molecular formula is C17H19NO3. The van der Waals surface area contributed by atoms with Crippen LogP contribution in [0, 0.1) is 0 Å². The minimum absolute atomic E-state index is 0.0957. The molecule has 0 aliphatic carbocycles. The maximum absolute atomic E-state index is 12.0. The number of fused-ring (bicyclic) bond motifs is 1. The fourth-order valence-electron chi connectivity index (χ4n) is 2.24. The second-order valence-corrected chi connectivity index (χ2v) is 5.11. The molecule has 0 saturated heterocycles. The highest BCUT2D eigenvalue weighted by molar-refractivity contribution is 5.85. The highest BCUT2D eigenvalue weighted by atomic mass is 16.5. The van der Waals surface area contributed by atoms with Gasteiger partial charge in [-0.25, -0.2) is 0 Å². The molecule has 0 heterocycles. The van der Waals surface area contributed by atoms with Gasteiger partial charge in [-0.1, -0.05) is 42.5 Å². The molecule has 110 valence electrons. The van der Waals surface area contributed by atoms with Crippen molar-refractivity contribution in [1.82, 2.24) is 5.32 Å². The van der Waals surface area contributed by atoms with Crippen LogP contribution in [0.25, 0.3) is 10.8 Å². The molecule has 2 aromatic carbocycles. The molecule has 1 unspecified atom stereocenters. The molecule has 21 heavy (non-hydrogen) atoms. The minimum Gasteiger partial charge on any atom is -0.469 e. The monoisotopic (exact) mass is 285 g/mol. The minimum atomic E-state index is -0.325. The van der Waals surface area contributed by atoms with Crippen LogP contribution < -0.4 is 5.32 Å². The number of hydrogen-bond acceptors (Lipinski definition) is 3. The van der Waals surface area contributed by atoms with Crippen molar-refractivity contribution < 1.29 is 14.3 Å². The summed E-state index contributed by atoms with van der Waals surface area (Å²) in [4.78, 5) is 23.1. The van der Waals surface area contributed by atoms with Crippen LogP contribution in [-0.4, -0.2) is 25.0 Å². The van der Waals surface area contributed by atoms with E-state index < -0.39 is 0 Å². The van der Waals surface area contributed by atoms with Gasteiger partial charge in [0.1, 0.15) is 0 Å². The number of amides is 1. The van der Waals surface area contributed by atoms with Crippen LogP contribution in [0.2, 0.25) is 0 Å². The van der Waals surface area contributed by atoms with Gasteiger partial charge in [-0.15, -0.1) is 0 Å². The topological polar surface area (TPSA) is 55.4 Å². The van der Waals surface area contributed by atoms with Crippen LogP contribution >= 0.6 is 0 Å². The Morgan fingerprint density at radius 3 is 2.57 bits per heavy atom. The quantitative estimate of drug-likeness (QED) is 0.859.